The van der Waals surface area contributed by atoms with Crippen LogP contribution in [-0.2, 0) is 0 Å². The first kappa shape index (κ1) is 11.2. The number of hydrogen-bond acceptors (Lipinski definition) is 1. The number of hydrogen-bond donors (Lipinski definition) is 0. The van der Waals surface area contributed by atoms with E-state index in [0.717, 1.165) is 0 Å². The topological polar surface area (TPSA) is 12.4 Å². The molecule has 0 N–H and O–H groups in total. The minimum Gasteiger partial charge on any atom is -0.293 e. The lowest BCUT2D eigenvalue weighted by Gasteiger charge is -2.16. The normalized spacial score (nSPS) is 20.1. The minimum atomic E-state index is 0. The summed E-state index contributed by atoms with van der Waals surface area (Å²) in [5.41, 5.74) is 0. The summed E-state index contributed by atoms with van der Waals surface area (Å²) >= 11 is 5.47. The molecule has 0 bridgehead atoms. The maximum Gasteiger partial charge on any atom is 0.0573 e. The highest BCUT2D eigenvalue weighted by Gasteiger charge is 2.09. The van der Waals surface area contributed by atoms with Crippen LogP contribution < -0.4 is 0 Å². The van der Waals surface area contributed by atoms with Crippen LogP contribution in [0.15, 0.2) is 4.99 Å². The standard InChI is InChI=1S/C8H14ClN.ClH/c9-6-7-10-8-4-2-1-3-5-8;/h7-8H,1-6H2;1H. The van der Waals surface area contributed by atoms with Gasteiger partial charge in [-0.3, -0.25) is 4.99 Å². The Balaban J connectivity index is 0.000001000. The van der Waals surface area contributed by atoms with E-state index in [-0.39, 0.29) is 12.4 Å². The quantitative estimate of drug-likeness (QED) is 0.475. The Bertz CT molecular complexity index is 109. The molecular weight excluding hydrogens is 181 g/mol. The molecule has 0 radical (unpaired) electrons. The van der Waals surface area contributed by atoms with E-state index < -0.39 is 0 Å². The number of rotatable bonds is 2. The molecule has 0 spiro atoms. The van der Waals surface area contributed by atoms with Gasteiger partial charge in [0, 0.05) is 12.3 Å². The van der Waals surface area contributed by atoms with Gasteiger partial charge in [0.1, 0.15) is 0 Å². The third kappa shape index (κ3) is 4.65. The maximum absolute atomic E-state index is 5.47. The number of nitrogens with zero attached hydrogens (tertiary/aromatic N) is 1. The maximum atomic E-state index is 5.47. The molecule has 0 aromatic heterocycles. The SMILES string of the molecule is Cl.ClCC=NC1CCCCC1. The Kier molecular flexibility index (Phi) is 7.09. The van der Waals surface area contributed by atoms with Crippen LogP contribution in [0, 0.1) is 0 Å². The van der Waals surface area contributed by atoms with Gasteiger partial charge in [-0.15, -0.1) is 24.0 Å². The Hall–Kier alpha value is 0.250. The summed E-state index contributed by atoms with van der Waals surface area (Å²) in [4.78, 5) is 4.34. The Labute approximate surface area is 79.6 Å². The van der Waals surface area contributed by atoms with Crippen molar-refractivity contribution in [3.05, 3.63) is 0 Å². The molecule has 1 aliphatic rings. The molecule has 0 unspecified atom stereocenters. The summed E-state index contributed by atoms with van der Waals surface area (Å²) in [6, 6.07) is 0.590. The van der Waals surface area contributed by atoms with E-state index >= 15 is 0 Å². The fourth-order valence-electron chi connectivity index (χ4n) is 1.42. The third-order valence-electron chi connectivity index (χ3n) is 1.96. The summed E-state index contributed by atoms with van der Waals surface area (Å²) in [5.74, 6) is 0.566. The zero-order chi connectivity index (χ0) is 7.23. The molecule has 1 rings (SSSR count). The third-order valence-corrected chi connectivity index (χ3v) is 2.10. The van der Waals surface area contributed by atoms with E-state index in [1.807, 2.05) is 6.21 Å². The highest BCUT2D eigenvalue weighted by molar-refractivity contribution is 6.24. The van der Waals surface area contributed by atoms with E-state index in [0.29, 0.717) is 11.9 Å². The van der Waals surface area contributed by atoms with Crippen LogP contribution in [-0.4, -0.2) is 18.1 Å². The van der Waals surface area contributed by atoms with Crippen molar-refractivity contribution in [2.75, 3.05) is 5.88 Å². The first-order chi connectivity index (χ1) is 4.93. The first-order valence-corrected chi connectivity index (χ1v) is 4.54. The average Bonchev–Trinajstić information content (AvgIpc) is 2.03. The van der Waals surface area contributed by atoms with E-state index in [1.54, 1.807) is 0 Å². The van der Waals surface area contributed by atoms with Crippen molar-refractivity contribution in [1.29, 1.82) is 0 Å². The Morgan fingerprint density at radius 2 is 1.91 bits per heavy atom. The molecule has 0 aromatic carbocycles. The van der Waals surface area contributed by atoms with E-state index in [1.165, 1.54) is 32.1 Å². The largest absolute Gasteiger partial charge is 0.293 e. The van der Waals surface area contributed by atoms with Crippen LogP contribution in [0.5, 0.6) is 0 Å². The molecule has 0 aliphatic heterocycles. The summed E-state index contributed by atoms with van der Waals surface area (Å²) in [6.45, 7) is 0. The van der Waals surface area contributed by atoms with Crippen molar-refractivity contribution in [2.24, 2.45) is 4.99 Å². The van der Waals surface area contributed by atoms with Gasteiger partial charge < -0.3 is 0 Å². The number of halogens is 2. The van der Waals surface area contributed by atoms with Gasteiger partial charge in [-0.1, -0.05) is 19.3 Å². The molecule has 0 aromatic rings. The molecule has 3 heteroatoms. The minimum absolute atomic E-state index is 0. The van der Waals surface area contributed by atoms with Gasteiger partial charge in [-0.05, 0) is 12.8 Å². The van der Waals surface area contributed by atoms with Gasteiger partial charge in [-0.25, -0.2) is 0 Å². The highest BCUT2D eigenvalue weighted by Crippen LogP contribution is 2.19. The van der Waals surface area contributed by atoms with Crippen molar-refractivity contribution in [3.63, 3.8) is 0 Å². The second-order valence-corrected chi connectivity index (χ2v) is 3.09. The smallest absolute Gasteiger partial charge is 0.0573 e. The summed E-state index contributed by atoms with van der Waals surface area (Å²) < 4.78 is 0. The van der Waals surface area contributed by atoms with Gasteiger partial charge in [0.05, 0.1) is 5.88 Å². The lowest BCUT2D eigenvalue weighted by atomic mass is 9.96. The van der Waals surface area contributed by atoms with Gasteiger partial charge >= 0.3 is 0 Å². The fraction of sp³-hybridized carbons (Fsp3) is 0.875. The fourth-order valence-corrected chi connectivity index (χ4v) is 1.50. The molecule has 0 atom stereocenters. The molecule has 1 nitrogen and oxygen atoms in total. The van der Waals surface area contributed by atoms with Crippen LogP contribution >= 0.6 is 24.0 Å². The Morgan fingerprint density at radius 3 is 2.45 bits per heavy atom. The summed E-state index contributed by atoms with van der Waals surface area (Å²) in [7, 11) is 0. The molecule has 1 saturated carbocycles. The average molecular weight is 196 g/mol. The molecule has 0 heterocycles. The zero-order valence-electron chi connectivity index (χ0n) is 6.63. The summed E-state index contributed by atoms with van der Waals surface area (Å²) in [5, 5.41) is 0. The first-order valence-electron chi connectivity index (χ1n) is 4.01. The van der Waals surface area contributed by atoms with Crippen LogP contribution in [0.3, 0.4) is 0 Å². The monoisotopic (exact) mass is 195 g/mol. The molecule has 0 saturated heterocycles. The van der Waals surface area contributed by atoms with Crippen molar-refractivity contribution < 1.29 is 0 Å². The number of aliphatic imine (C=N–C) groups is 1. The van der Waals surface area contributed by atoms with E-state index in [4.69, 9.17) is 11.6 Å². The Morgan fingerprint density at radius 1 is 1.27 bits per heavy atom. The van der Waals surface area contributed by atoms with Gasteiger partial charge in [0.2, 0.25) is 0 Å². The zero-order valence-corrected chi connectivity index (χ0v) is 8.20. The van der Waals surface area contributed by atoms with Crippen molar-refractivity contribution in [3.8, 4) is 0 Å². The highest BCUT2D eigenvalue weighted by atomic mass is 35.5. The van der Waals surface area contributed by atoms with Crippen LogP contribution in [0.25, 0.3) is 0 Å². The van der Waals surface area contributed by atoms with Gasteiger partial charge in [0.15, 0.2) is 0 Å². The van der Waals surface area contributed by atoms with Crippen molar-refractivity contribution in [1.82, 2.24) is 0 Å². The predicted molar refractivity (Wildman–Crippen MR) is 53.3 cm³/mol. The van der Waals surface area contributed by atoms with E-state index in [2.05, 4.69) is 4.99 Å². The second kappa shape index (κ2) is 6.93. The summed E-state index contributed by atoms with van der Waals surface area (Å²) in [6.07, 6.45) is 8.47. The second-order valence-electron chi connectivity index (χ2n) is 2.78. The van der Waals surface area contributed by atoms with Crippen LogP contribution in [0.2, 0.25) is 0 Å². The van der Waals surface area contributed by atoms with Gasteiger partial charge in [0.25, 0.3) is 0 Å². The van der Waals surface area contributed by atoms with Crippen LogP contribution in [0.1, 0.15) is 32.1 Å². The van der Waals surface area contributed by atoms with Crippen molar-refractivity contribution >= 4 is 30.2 Å². The molecule has 11 heavy (non-hydrogen) atoms. The van der Waals surface area contributed by atoms with Gasteiger partial charge in [-0.2, -0.15) is 0 Å². The van der Waals surface area contributed by atoms with E-state index in [9.17, 15) is 0 Å². The lowest BCUT2D eigenvalue weighted by molar-refractivity contribution is 0.444. The van der Waals surface area contributed by atoms with Crippen molar-refractivity contribution in [2.45, 2.75) is 38.1 Å². The number of alkyl halides is 1. The van der Waals surface area contributed by atoms with Crippen LogP contribution in [0.4, 0.5) is 0 Å². The lowest BCUT2D eigenvalue weighted by Crippen LogP contribution is -2.09. The molecule has 66 valence electrons. The predicted octanol–water partition coefficient (Wildman–Crippen LogP) is 3.05. The molecule has 0 amide bonds. The molecular formula is C8H15Cl2N. The molecule has 1 aliphatic carbocycles. The molecule has 1 fully saturated rings.